The standard InChI is InChI=1S/C20H19N3O5S/c1-28-14-10-11(9-13(18(14)24)23(26)27)7-8-16-21-19(25)17-12-5-3-2-4-6-15(12)29-20(17)22-16/h7-10,24H,2-6H2,1H3,(H,21,22,25)/b8-7+. The summed E-state index contributed by atoms with van der Waals surface area (Å²) in [6, 6.07) is 2.71. The van der Waals surface area contributed by atoms with Crippen molar-refractivity contribution in [3.63, 3.8) is 0 Å². The second-order valence-corrected chi connectivity index (χ2v) is 7.96. The van der Waals surface area contributed by atoms with Gasteiger partial charge in [0.25, 0.3) is 5.56 Å². The van der Waals surface area contributed by atoms with E-state index in [4.69, 9.17) is 4.74 Å². The zero-order valence-corrected chi connectivity index (χ0v) is 16.5. The lowest BCUT2D eigenvalue weighted by Gasteiger charge is -2.05. The van der Waals surface area contributed by atoms with Gasteiger partial charge in [-0.3, -0.25) is 14.9 Å². The smallest absolute Gasteiger partial charge is 0.315 e. The summed E-state index contributed by atoms with van der Waals surface area (Å²) in [5, 5.41) is 21.7. The van der Waals surface area contributed by atoms with E-state index >= 15 is 0 Å². The number of nitrogens with one attached hydrogen (secondary N) is 1. The van der Waals surface area contributed by atoms with Crippen molar-refractivity contribution >= 4 is 39.4 Å². The molecule has 2 heterocycles. The number of hydrogen-bond donors (Lipinski definition) is 2. The fraction of sp³-hybridized carbons (Fsp3) is 0.300. The Morgan fingerprint density at radius 3 is 2.83 bits per heavy atom. The minimum Gasteiger partial charge on any atom is -0.500 e. The minimum absolute atomic E-state index is 0.00208. The Bertz CT molecular complexity index is 1200. The van der Waals surface area contributed by atoms with Crippen molar-refractivity contribution in [1.82, 2.24) is 9.97 Å². The highest BCUT2D eigenvalue weighted by Gasteiger charge is 2.20. The molecule has 2 N–H and O–H groups in total. The van der Waals surface area contributed by atoms with E-state index in [1.807, 2.05) is 0 Å². The maximum absolute atomic E-state index is 12.7. The van der Waals surface area contributed by atoms with E-state index in [-0.39, 0.29) is 11.3 Å². The van der Waals surface area contributed by atoms with Crippen molar-refractivity contribution in [2.45, 2.75) is 32.1 Å². The molecule has 0 bridgehead atoms. The van der Waals surface area contributed by atoms with Crippen molar-refractivity contribution in [2.24, 2.45) is 0 Å². The van der Waals surface area contributed by atoms with E-state index in [0.717, 1.165) is 36.1 Å². The predicted octanol–water partition coefficient (Wildman–Crippen LogP) is 4.05. The number of aromatic nitrogens is 2. The Balaban J connectivity index is 1.73. The van der Waals surface area contributed by atoms with E-state index in [1.54, 1.807) is 23.5 Å². The van der Waals surface area contributed by atoms with Crippen molar-refractivity contribution in [1.29, 1.82) is 0 Å². The lowest BCUT2D eigenvalue weighted by atomic mass is 10.1. The summed E-state index contributed by atoms with van der Waals surface area (Å²) in [6.07, 6.45) is 8.45. The molecule has 150 valence electrons. The van der Waals surface area contributed by atoms with Crippen LogP contribution in [0.15, 0.2) is 16.9 Å². The van der Waals surface area contributed by atoms with Crippen LogP contribution in [0.1, 0.15) is 41.1 Å². The number of ether oxygens (including phenoxy) is 1. The predicted molar refractivity (Wildman–Crippen MR) is 112 cm³/mol. The molecule has 9 heteroatoms. The summed E-state index contributed by atoms with van der Waals surface area (Å²) in [7, 11) is 1.32. The molecule has 2 aromatic heterocycles. The van der Waals surface area contributed by atoms with Crippen LogP contribution in [0.25, 0.3) is 22.4 Å². The fourth-order valence-corrected chi connectivity index (χ4v) is 4.89. The van der Waals surface area contributed by atoms with Crippen molar-refractivity contribution in [3.05, 3.63) is 54.4 Å². The van der Waals surface area contributed by atoms with Gasteiger partial charge in [0, 0.05) is 10.9 Å². The topological polar surface area (TPSA) is 118 Å². The van der Waals surface area contributed by atoms with Crippen LogP contribution in [-0.2, 0) is 12.8 Å². The average Bonchev–Trinajstić information content (AvgIpc) is 2.88. The van der Waals surface area contributed by atoms with Gasteiger partial charge in [0.1, 0.15) is 10.7 Å². The number of rotatable bonds is 4. The van der Waals surface area contributed by atoms with Gasteiger partial charge >= 0.3 is 5.69 Å². The van der Waals surface area contributed by atoms with Gasteiger partial charge < -0.3 is 14.8 Å². The third-order valence-corrected chi connectivity index (χ3v) is 6.21. The van der Waals surface area contributed by atoms with Crippen LogP contribution in [0.4, 0.5) is 5.69 Å². The lowest BCUT2D eigenvalue weighted by Crippen LogP contribution is -2.10. The molecule has 0 aliphatic heterocycles. The summed E-state index contributed by atoms with van der Waals surface area (Å²) in [6.45, 7) is 0. The maximum atomic E-state index is 12.7. The number of nitrogens with zero attached hydrogens (tertiary/aromatic N) is 2. The first-order chi connectivity index (χ1) is 14.0. The molecule has 1 aliphatic carbocycles. The number of aromatic amines is 1. The molecular formula is C20H19N3O5S. The number of aromatic hydroxyl groups is 1. The molecule has 0 radical (unpaired) electrons. The number of nitro groups is 1. The number of methoxy groups -OCH3 is 1. The first kappa shape index (κ1) is 19.1. The summed E-state index contributed by atoms with van der Waals surface area (Å²) in [4.78, 5) is 32.5. The number of nitro benzene ring substituents is 1. The fourth-order valence-electron chi connectivity index (χ4n) is 3.62. The van der Waals surface area contributed by atoms with Crippen LogP contribution in [0.5, 0.6) is 11.5 Å². The molecule has 4 rings (SSSR count). The molecule has 0 amide bonds. The van der Waals surface area contributed by atoms with E-state index in [0.29, 0.717) is 16.8 Å². The minimum atomic E-state index is -0.680. The number of phenolic OH excluding ortho intramolecular Hbond substituents is 1. The van der Waals surface area contributed by atoms with E-state index in [2.05, 4.69) is 9.97 Å². The van der Waals surface area contributed by atoms with Gasteiger partial charge in [0.05, 0.1) is 17.4 Å². The largest absolute Gasteiger partial charge is 0.500 e. The molecule has 0 saturated carbocycles. The lowest BCUT2D eigenvalue weighted by molar-refractivity contribution is -0.386. The molecule has 3 aromatic rings. The van der Waals surface area contributed by atoms with Crippen LogP contribution < -0.4 is 10.3 Å². The Morgan fingerprint density at radius 2 is 2.07 bits per heavy atom. The Morgan fingerprint density at radius 1 is 1.28 bits per heavy atom. The monoisotopic (exact) mass is 413 g/mol. The molecule has 8 nitrogen and oxygen atoms in total. The third-order valence-electron chi connectivity index (χ3n) is 5.02. The molecule has 29 heavy (non-hydrogen) atoms. The number of fused-ring (bicyclic) bond motifs is 3. The van der Waals surface area contributed by atoms with Gasteiger partial charge in [-0.15, -0.1) is 11.3 Å². The van der Waals surface area contributed by atoms with E-state index < -0.39 is 16.4 Å². The summed E-state index contributed by atoms with van der Waals surface area (Å²) < 4.78 is 5.00. The van der Waals surface area contributed by atoms with E-state index in [1.165, 1.54) is 30.5 Å². The zero-order valence-electron chi connectivity index (χ0n) is 15.7. The number of aryl methyl sites for hydroxylation is 2. The highest BCUT2D eigenvalue weighted by atomic mass is 32.1. The first-order valence-corrected chi connectivity index (χ1v) is 10.1. The van der Waals surface area contributed by atoms with Gasteiger partial charge in [-0.05, 0) is 49.0 Å². The molecule has 0 saturated heterocycles. The van der Waals surface area contributed by atoms with Crippen molar-refractivity contribution in [3.8, 4) is 11.5 Å². The quantitative estimate of drug-likeness (QED) is 0.378. The van der Waals surface area contributed by atoms with Crippen LogP contribution in [0, 0.1) is 10.1 Å². The van der Waals surface area contributed by atoms with E-state index in [9.17, 15) is 20.0 Å². The van der Waals surface area contributed by atoms with Crippen LogP contribution in [0.3, 0.4) is 0 Å². The number of H-pyrrole nitrogens is 1. The van der Waals surface area contributed by atoms with Crippen molar-refractivity contribution in [2.75, 3.05) is 7.11 Å². The number of thiophene rings is 1. The first-order valence-electron chi connectivity index (χ1n) is 9.26. The Hall–Kier alpha value is -3.20. The molecule has 0 spiro atoms. The van der Waals surface area contributed by atoms with Crippen LogP contribution in [-0.4, -0.2) is 27.1 Å². The highest BCUT2D eigenvalue weighted by Crippen LogP contribution is 2.37. The maximum Gasteiger partial charge on any atom is 0.315 e. The third kappa shape index (κ3) is 3.61. The summed E-state index contributed by atoms with van der Waals surface area (Å²) >= 11 is 1.57. The van der Waals surface area contributed by atoms with Gasteiger partial charge in [-0.2, -0.15) is 0 Å². The SMILES string of the molecule is COc1cc(/C=C/c2nc3sc4c(c3c(=O)[nH]2)CCCCC4)cc([N+](=O)[O-])c1O. The second-order valence-electron chi connectivity index (χ2n) is 6.88. The zero-order chi connectivity index (χ0) is 20.5. The summed E-state index contributed by atoms with van der Waals surface area (Å²) in [5.41, 5.74) is 0.952. The average molecular weight is 413 g/mol. The number of hydrogen-bond acceptors (Lipinski definition) is 7. The van der Waals surface area contributed by atoms with Gasteiger partial charge in [-0.25, -0.2) is 4.98 Å². The van der Waals surface area contributed by atoms with Crippen molar-refractivity contribution < 1.29 is 14.8 Å². The molecule has 1 aliphatic rings. The molecule has 0 atom stereocenters. The molecule has 1 aromatic carbocycles. The van der Waals surface area contributed by atoms with Crippen LogP contribution in [0.2, 0.25) is 0 Å². The Kier molecular flexibility index (Phi) is 5.06. The Labute approximate surface area is 169 Å². The van der Waals surface area contributed by atoms with Gasteiger partial charge in [-0.1, -0.05) is 12.5 Å². The molecule has 0 unspecified atom stereocenters. The second kappa shape index (κ2) is 7.67. The number of benzene rings is 1. The van der Waals surface area contributed by atoms with Gasteiger partial charge in [0.2, 0.25) is 5.75 Å². The summed E-state index contributed by atoms with van der Waals surface area (Å²) in [5.74, 6) is -0.158. The van der Waals surface area contributed by atoms with Crippen LogP contribution >= 0.6 is 11.3 Å². The van der Waals surface area contributed by atoms with Gasteiger partial charge in [0.15, 0.2) is 5.75 Å². The number of phenols is 1. The highest BCUT2D eigenvalue weighted by molar-refractivity contribution is 7.18. The normalized spacial score (nSPS) is 14.1. The molecular weight excluding hydrogens is 394 g/mol. The molecule has 0 fully saturated rings.